The van der Waals surface area contributed by atoms with Crippen molar-refractivity contribution in [2.75, 3.05) is 26.0 Å². The first kappa shape index (κ1) is 18.8. The van der Waals surface area contributed by atoms with Crippen LogP contribution < -0.4 is 15.0 Å². The van der Waals surface area contributed by atoms with E-state index in [0.717, 1.165) is 24.2 Å². The number of benzene rings is 2. The summed E-state index contributed by atoms with van der Waals surface area (Å²) >= 11 is 0. The Morgan fingerprint density at radius 1 is 1.33 bits per heavy atom. The van der Waals surface area contributed by atoms with Crippen LogP contribution in [0.4, 0.5) is 11.4 Å². The number of likely N-dealkylation sites (N-methyl/N-ethyl adjacent to an activating group) is 1. The van der Waals surface area contributed by atoms with E-state index in [2.05, 4.69) is 23.5 Å². The van der Waals surface area contributed by atoms with Crippen LogP contribution in [0.5, 0.6) is 5.75 Å². The number of nitrogens with one attached hydrogen (secondary N) is 2. The first-order valence-electron chi connectivity index (χ1n) is 9.02. The fourth-order valence-electron chi connectivity index (χ4n) is 3.74. The molecule has 142 valence electrons. The van der Waals surface area contributed by atoms with Gasteiger partial charge in [-0.15, -0.1) is 0 Å². The van der Waals surface area contributed by atoms with E-state index >= 15 is 0 Å². The number of anilines is 1. The molecule has 7 heteroatoms. The zero-order valence-corrected chi connectivity index (χ0v) is 15.5. The van der Waals surface area contributed by atoms with Crippen molar-refractivity contribution in [2.45, 2.75) is 25.3 Å². The minimum Gasteiger partial charge on any atom is -0.495 e. The molecule has 0 aromatic heterocycles. The summed E-state index contributed by atoms with van der Waals surface area (Å²) < 4.78 is 5.20. The van der Waals surface area contributed by atoms with Crippen molar-refractivity contribution in [3.8, 4) is 5.75 Å². The fraction of sp³-hybridized carbons (Fsp3) is 0.350. The molecule has 1 aliphatic carbocycles. The number of ether oxygens (including phenoxy) is 1. The Morgan fingerprint density at radius 2 is 2.11 bits per heavy atom. The van der Waals surface area contributed by atoms with E-state index in [-0.39, 0.29) is 24.2 Å². The highest BCUT2D eigenvalue weighted by molar-refractivity contribution is 5.93. The number of carbonyl (C=O) groups is 1. The van der Waals surface area contributed by atoms with Crippen LogP contribution in [0.3, 0.4) is 0 Å². The Kier molecular flexibility index (Phi) is 5.71. The maximum absolute atomic E-state index is 12.6. The Morgan fingerprint density at radius 3 is 2.85 bits per heavy atom. The lowest BCUT2D eigenvalue weighted by Gasteiger charge is -2.30. The Balaban J connectivity index is 1.71. The Labute approximate surface area is 158 Å². The number of hydrogen-bond acceptors (Lipinski definition) is 4. The van der Waals surface area contributed by atoms with Gasteiger partial charge in [0, 0.05) is 24.1 Å². The van der Waals surface area contributed by atoms with Crippen molar-refractivity contribution in [3.63, 3.8) is 0 Å². The first-order valence-corrected chi connectivity index (χ1v) is 9.02. The maximum Gasteiger partial charge on any atom is 0.279 e. The largest absolute Gasteiger partial charge is 0.495 e. The van der Waals surface area contributed by atoms with E-state index in [1.165, 1.54) is 36.4 Å². The fourth-order valence-corrected chi connectivity index (χ4v) is 3.74. The smallest absolute Gasteiger partial charge is 0.279 e. The van der Waals surface area contributed by atoms with E-state index < -0.39 is 4.92 Å². The van der Waals surface area contributed by atoms with Crippen LogP contribution >= 0.6 is 0 Å². The van der Waals surface area contributed by atoms with Crippen LogP contribution in [0.1, 0.15) is 30.0 Å². The molecule has 27 heavy (non-hydrogen) atoms. The Hall–Kier alpha value is -2.93. The second kappa shape index (κ2) is 8.18. The highest BCUT2D eigenvalue weighted by atomic mass is 16.6. The van der Waals surface area contributed by atoms with Crippen molar-refractivity contribution in [2.24, 2.45) is 0 Å². The van der Waals surface area contributed by atoms with Crippen LogP contribution in [0.15, 0.2) is 42.5 Å². The number of hydrogen-bond donors (Lipinski definition) is 2. The molecule has 1 aliphatic rings. The van der Waals surface area contributed by atoms with Gasteiger partial charge in [0.1, 0.15) is 11.8 Å². The number of nitro groups is 1. The van der Waals surface area contributed by atoms with Crippen molar-refractivity contribution in [3.05, 3.63) is 63.7 Å². The summed E-state index contributed by atoms with van der Waals surface area (Å²) in [4.78, 5) is 24.2. The van der Waals surface area contributed by atoms with Crippen LogP contribution in [0, 0.1) is 10.1 Å². The van der Waals surface area contributed by atoms with Gasteiger partial charge in [-0.05, 0) is 24.5 Å². The zero-order valence-electron chi connectivity index (χ0n) is 15.5. The zero-order chi connectivity index (χ0) is 19.4. The van der Waals surface area contributed by atoms with E-state index in [0.29, 0.717) is 11.4 Å². The van der Waals surface area contributed by atoms with Crippen molar-refractivity contribution >= 4 is 17.3 Å². The number of carbonyl (C=O) groups excluding carboxylic acids is 1. The van der Waals surface area contributed by atoms with Crippen LogP contribution in [-0.2, 0) is 11.2 Å². The van der Waals surface area contributed by atoms with E-state index in [1.54, 1.807) is 0 Å². The third-order valence-corrected chi connectivity index (χ3v) is 5.07. The average Bonchev–Trinajstić information content (AvgIpc) is 2.67. The number of quaternary nitrogens is 1. The first-order chi connectivity index (χ1) is 13.0. The molecule has 0 aliphatic heterocycles. The van der Waals surface area contributed by atoms with Gasteiger partial charge in [-0.25, -0.2) is 0 Å². The van der Waals surface area contributed by atoms with Gasteiger partial charge in [-0.1, -0.05) is 24.3 Å². The quantitative estimate of drug-likeness (QED) is 0.603. The number of non-ortho nitro benzene ring substituents is 1. The predicted octanol–water partition coefficient (Wildman–Crippen LogP) is 2.13. The molecule has 7 nitrogen and oxygen atoms in total. The van der Waals surface area contributed by atoms with Gasteiger partial charge in [-0.3, -0.25) is 14.9 Å². The maximum atomic E-state index is 12.6. The highest BCUT2D eigenvalue weighted by Gasteiger charge is 2.28. The van der Waals surface area contributed by atoms with E-state index in [9.17, 15) is 14.9 Å². The molecular weight excluding hydrogens is 346 g/mol. The summed E-state index contributed by atoms with van der Waals surface area (Å²) in [5.41, 5.74) is 2.89. The topological polar surface area (TPSA) is 85.9 Å². The van der Waals surface area contributed by atoms with Crippen molar-refractivity contribution < 1.29 is 19.4 Å². The molecule has 0 saturated heterocycles. The van der Waals surface area contributed by atoms with Gasteiger partial charge in [0.2, 0.25) is 0 Å². The normalized spacial score (nSPS) is 16.9. The highest BCUT2D eigenvalue weighted by Crippen LogP contribution is 2.29. The van der Waals surface area contributed by atoms with Gasteiger partial charge in [0.15, 0.2) is 6.54 Å². The number of amides is 1. The second-order valence-corrected chi connectivity index (χ2v) is 6.86. The van der Waals surface area contributed by atoms with Crippen molar-refractivity contribution in [1.82, 2.24) is 0 Å². The molecule has 0 radical (unpaired) electrons. The average molecular weight is 370 g/mol. The molecule has 0 fully saturated rings. The number of nitro benzene ring substituents is 1. The summed E-state index contributed by atoms with van der Waals surface area (Å²) in [7, 11) is 3.48. The minimum atomic E-state index is -0.495. The number of aryl methyl sites for hydroxylation is 1. The minimum absolute atomic E-state index is 0.0898. The molecule has 2 aromatic rings. The molecule has 0 saturated carbocycles. The van der Waals surface area contributed by atoms with Gasteiger partial charge >= 0.3 is 0 Å². The van der Waals surface area contributed by atoms with Crippen LogP contribution in [0.2, 0.25) is 0 Å². The van der Waals surface area contributed by atoms with Gasteiger partial charge in [0.25, 0.3) is 11.6 Å². The SMILES string of the molecule is COc1ccc([N+](=O)[O-])cc1NC(=O)C[NH+](C)[C@@H]1CCCc2ccccc21. The molecule has 1 amide bonds. The summed E-state index contributed by atoms with van der Waals surface area (Å²) in [5, 5.41) is 13.7. The van der Waals surface area contributed by atoms with E-state index in [1.807, 2.05) is 13.1 Å². The number of methoxy groups -OCH3 is 1. The molecule has 3 rings (SSSR count). The molecule has 1 unspecified atom stereocenters. The standard InChI is InChI=1S/C20H23N3O4/c1-22(18-9-5-7-14-6-3-4-8-16(14)18)13-20(24)21-17-12-15(23(25)26)10-11-19(17)27-2/h3-4,6,8,10-12,18H,5,7,9,13H2,1-2H3,(H,21,24)/p+1/t18-/m1/s1. The summed E-state index contributed by atoms with van der Waals surface area (Å²) in [6.07, 6.45) is 3.23. The molecule has 0 bridgehead atoms. The number of fused-ring (bicyclic) bond motifs is 1. The number of rotatable bonds is 6. The van der Waals surface area contributed by atoms with Gasteiger partial charge in [-0.2, -0.15) is 0 Å². The van der Waals surface area contributed by atoms with Gasteiger partial charge < -0.3 is 15.0 Å². The third-order valence-electron chi connectivity index (χ3n) is 5.07. The molecular formula is C20H24N3O4+. The Bertz CT molecular complexity index is 853. The van der Waals surface area contributed by atoms with Crippen LogP contribution in [-0.4, -0.2) is 31.5 Å². The lowest BCUT2D eigenvalue weighted by atomic mass is 9.87. The second-order valence-electron chi connectivity index (χ2n) is 6.86. The summed E-state index contributed by atoms with van der Waals surface area (Å²) in [6, 6.07) is 12.8. The monoisotopic (exact) mass is 370 g/mol. The van der Waals surface area contributed by atoms with Gasteiger partial charge in [0.05, 0.1) is 24.8 Å². The number of nitrogens with zero attached hydrogens (tertiary/aromatic N) is 1. The molecule has 0 heterocycles. The molecule has 2 N–H and O–H groups in total. The summed E-state index contributed by atoms with van der Waals surface area (Å²) in [6.45, 7) is 0.269. The summed E-state index contributed by atoms with van der Waals surface area (Å²) in [5.74, 6) is 0.198. The molecule has 2 atom stereocenters. The lowest BCUT2D eigenvalue weighted by Crippen LogP contribution is -3.10. The van der Waals surface area contributed by atoms with Crippen LogP contribution in [0.25, 0.3) is 0 Å². The lowest BCUT2D eigenvalue weighted by molar-refractivity contribution is -0.905. The van der Waals surface area contributed by atoms with Crippen molar-refractivity contribution in [1.29, 1.82) is 0 Å². The van der Waals surface area contributed by atoms with E-state index in [4.69, 9.17) is 4.74 Å². The molecule has 2 aromatic carbocycles. The third kappa shape index (κ3) is 4.25. The molecule has 0 spiro atoms. The predicted molar refractivity (Wildman–Crippen MR) is 102 cm³/mol.